The number of hydrogen-bond acceptors (Lipinski definition) is 4. The van der Waals surface area contributed by atoms with E-state index in [2.05, 4.69) is 5.32 Å². The summed E-state index contributed by atoms with van der Waals surface area (Å²) in [5.74, 6) is -1.17. The van der Waals surface area contributed by atoms with Crippen LogP contribution in [0.5, 0.6) is 5.75 Å². The Morgan fingerprint density at radius 1 is 1.31 bits per heavy atom. The number of carbonyl (C=O) groups excluding carboxylic acids is 2. The molecule has 1 aromatic rings. The number of unbranched alkanes of at least 4 members (excludes halogenated alkanes) is 1. The van der Waals surface area contributed by atoms with Gasteiger partial charge in [-0.3, -0.25) is 14.4 Å². The largest absolute Gasteiger partial charge is 0.497 e. The van der Waals surface area contributed by atoms with Gasteiger partial charge in [0.15, 0.2) is 0 Å². The Balaban J connectivity index is 2.32. The van der Waals surface area contributed by atoms with Crippen molar-refractivity contribution in [2.75, 3.05) is 20.2 Å². The van der Waals surface area contributed by atoms with Crippen LogP contribution in [0.1, 0.15) is 44.2 Å². The van der Waals surface area contributed by atoms with Gasteiger partial charge in [-0.15, -0.1) is 0 Å². The summed E-state index contributed by atoms with van der Waals surface area (Å²) in [6.45, 7) is 2.20. The van der Waals surface area contributed by atoms with Crippen LogP contribution in [0, 0.1) is 5.92 Å². The lowest BCUT2D eigenvalue weighted by atomic mass is 9.83. The third kappa shape index (κ3) is 4.74. The predicted octanol–water partition coefficient (Wildman–Crippen LogP) is 1.98. The first-order valence-electron chi connectivity index (χ1n) is 8.90. The van der Waals surface area contributed by atoms with Gasteiger partial charge in [0.2, 0.25) is 11.8 Å². The van der Waals surface area contributed by atoms with Crippen LogP contribution in [-0.4, -0.2) is 48.0 Å². The van der Waals surface area contributed by atoms with Crippen LogP contribution in [0.25, 0.3) is 0 Å². The quantitative estimate of drug-likeness (QED) is 0.737. The number of benzene rings is 1. The Kier molecular flexibility index (Phi) is 7.00. The van der Waals surface area contributed by atoms with Crippen molar-refractivity contribution in [2.45, 2.75) is 38.6 Å². The number of ether oxygens (including phenoxy) is 1. The molecule has 142 valence electrons. The second kappa shape index (κ2) is 9.22. The molecule has 1 fully saturated rings. The minimum Gasteiger partial charge on any atom is -0.497 e. The van der Waals surface area contributed by atoms with E-state index in [1.165, 1.54) is 0 Å². The summed E-state index contributed by atoms with van der Waals surface area (Å²) >= 11 is 0. The lowest BCUT2D eigenvalue weighted by Crippen LogP contribution is -2.49. The highest BCUT2D eigenvalue weighted by Gasteiger charge is 2.40. The molecule has 2 amide bonds. The van der Waals surface area contributed by atoms with Crippen LogP contribution in [0.3, 0.4) is 0 Å². The van der Waals surface area contributed by atoms with Crippen LogP contribution < -0.4 is 10.1 Å². The molecule has 1 heterocycles. The highest BCUT2D eigenvalue weighted by Crippen LogP contribution is 2.37. The number of methoxy groups -OCH3 is 1. The molecule has 0 saturated carbocycles. The third-order valence-electron chi connectivity index (χ3n) is 4.67. The SMILES string of the molecule is CCCCN1C(=O)CCC(C(=O)NCC(=O)O)C1c1ccc(OC)cc1. The lowest BCUT2D eigenvalue weighted by Gasteiger charge is -2.41. The van der Waals surface area contributed by atoms with Crippen molar-refractivity contribution in [3.05, 3.63) is 29.8 Å². The number of carbonyl (C=O) groups is 3. The van der Waals surface area contributed by atoms with Crippen molar-refractivity contribution in [3.63, 3.8) is 0 Å². The number of amides is 2. The number of carboxylic acid groups (broad SMARTS) is 1. The van der Waals surface area contributed by atoms with E-state index in [1.807, 2.05) is 19.1 Å². The van der Waals surface area contributed by atoms with Gasteiger partial charge >= 0.3 is 5.97 Å². The number of likely N-dealkylation sites (tertiary alicyclic amines) is 1. The Hall–Kier alpha value is -2.57. The highest BCUT2D eigenvalue weighted by atomic mass is 16.5. The van der Waals surface area contributed by atoms with E-state index in [0.29, 0.717) is 25.1 Å². The lowest BCUT2D eigenvalue weighted by molar-refractivity contribution is -0.145. The Labute approximate surface area is 153 Å². The molecule has 2 N–H and O–H groups in total. The van der Waals surface area contributed by atoms with E-state index in [4.69, 9.17) is 9.84 Å². The summed E-state index contributed by atoms with van der Waals surface area (Å²) in [5, 5.41) is 11.3. The first kappa shape index (κ1) is 19.8. The third-order valence-corrected chi connectivity index (χ3v) is 4.67. The monoisotopic (exact) mass is 362 g/mol. The molecular weight excluding hydrogens is 336 g/mol. The van der Waals surface area contributed by atoms with Gasteiger partial charge in [-0.05, 0) is 30.5 Å². The average molecular weight is 362 g/mol. The van der Waals surface area contributed by atoms with Gasteiger partial charge in [0.05, 0.1) is 19.1 Å². The number of hydrogen-bond donors (Lipinski definition) is 2. The number of carboxylic acids is 1. The molecule has 1 aliphatic heterocycles. The molecule has 2 unspecified atom stereocenters. The van der Waals surface area contributed by atoms with Crippen molar-refractivity contribution in [3.8, 4) is 5.75 Å². The van der Waals surface area contributed by atoms with Crippen LogP contribution in [0.15, 0.2) is 24.3 Å². The zero-order valence-corrected chi connectivity index (χ0v) is 15.2. The molecule has 2 rings (SSSR count). The van der Waals surface area contributed by atoms with E-state index in [0.717, 1.165) is 18.4 Å². The average Bonchev–Trinajstić information content (AvgIpc) is 2.65. The van der Waals surface area contributed by atoms with E-state index >= 15 is 0 Å². The molecule has 0 radical (unpaired) electrons. The minimum absolute atomic E-state index is 0.0292. The summed E-state index contributed by atoms with van der Waals surface area (Å²) < 4.78 is 5.18. The van der Waals surface area contributed by atoms with E-state index in [9.17, 15) is 14.4 Å². The van der Waals surface area contributed by atoms with Gasteiger partial charge in [-0.25, -0.2) is 0 Å². The maximum atomic E-state index is 12.6. The van der Waals surface area contributed by atoms with Crippen LogP contribution in [0.4, 0.5) is 0 Å². The zero-order chi connectivity index (χ0) is 19.1. The zero-order valence-electron chi connectivity index (χ0n) is 15.2. The van der Waals surface area contributed by atoms with Crippen molar-refractivity contribution in [1.29, 1.82) is 0 Å². The van der Waals surface area contributed by atoms with Crippen LogP contribution in [-0.2, 0) is 14.4 Å². The predicted molar refractivity (Wildman–Crippen MR) is 95.7 cm³/mol. The van der Waals surface area contributed by atoms with Gasteiger partial charge in [0.25, 0.3) is 0 Å². The van der Waals surface area contributed by atoms with Gasteiger partial charge in [0.1, 0.15) is 12.3 Å². The molecule has 2 atom stereocenters. The van der Waals surface area contributed by atoms with Crippen molar-refractivity contribution in [1.82, 2.24) is 10.2 Å². The maximum Gasteiger partial charge on any atom is 0.322 e. The summed E-state index contributed by atoms with van der Waals surface area (Å²) in [6, 6.07) is 6.93. The molecule has 1 aliphatic rings. The number of rotatable bonds is 8. The van der Waals surface area contributed by atoms with Gasteiger partial charge in [-0.1, -0.05) is 25.5 Å². The smallest absolute Gasteiger partial charge is 0.322 e. The van der Waals surface area contributed by atoms with E-state index in [1.54, 1.807) is 24.1 Å². The number of piperidine rings is 1. The Bertz CT molecular complexity index is 644. The first-order valence-corrected chi connectivity index (χ1v) is 8.90. The second-order valence-corrected chi connectivity index (χ2v) is 6.42. The van der Waals surface area contributed by atoms with Crippen LogP contribution >= 0.6 is 0 Å². The Morgan fingerprint density at radius 2 is 2.00 bits per heavy atom. The normalized spacial score (nSPS) is 19.9. The number of aliphatic carboxylic acids is 1. The fourth-order valence-electron chi connectivity index (χ4n) is 3.33. The highest BCUT2D eigenvalue weighted by molar-refractivity contribution is 5.87. The number of nitrogens with zero attached hydrogens (tertiary/aromatic N) is 1. The van der Waals surface area contributed by atoms with Gasteiger partial charge < -0.3 is 20.1 Å². The maximum absolute atomic E-state index is 12.6. The van der Waals surface area contributed by atoms with Crippen molar-refractivity contribution >= 4 is 17.8 Å². The molecular formula is C19H26N2O5. The molecule has 7 heteroatoms. The molecule has 0 spiro atoms. The molecule has 7 nitrogen and oxygen atoms in total. The number of nitrogens with one attached hydrogen (secondary N) is 1. The van der Waals surface area contributed by atoms with Gasteiger partial charge in [0, 0.05) is 13.0 Å². The fourth-order valence-corrected chi connectivity index (χ4v) is 3.33. The first-order chi connectivity index (χ1) is 12.5. The second-order valence-electron chi connectivity index (χ2n) is 6.42. The molecule has 0 aliphatic carbocycles. The summed E-state index contributed by atoms with van der Waals surface area (Å²) in [5.41, 5.74) is 0.852. The summed E-state index contributed by atoms with van der Waals surface area (Å²) in [6.07, 6.45) is 2.49. The molecule has 0 bridgehead atoms. The standard InChI is InChI=1S/C19H26N2O5/c1-3-4-11-21-16(22)10-9-15(19(25)20-12-17(23)24)18(21)13-5-7-14(26-2)8-6-13/h5-8,15,18H,3-4,9-12H2,1-2H3,(H,20,25)(H,23,24). The van der Waals surface area contributed by atoms with Crippen molar-refractivity contribution < 1.29 is 24.2 Å². The topological polar surface area (TPSA) is 95.9 Å². The molecule has 1 aromatic carbocycles. The molecule has 26 heavy (non-hydrogen) atoms. The van der Waals surface area contributed by atoms with Crippen molar-refractivity contribution in [2.24, 2.45) is 5.92 Å². The van der Waals surface area contributed by atoms with E-state index in [-0.39, 0.29) is 11.8 Å². The van der Waals surface area contributed by atoms with E-state index < -0.39 is 24.5 Å². The van der Waals surface area contributed by atoms with Gasteiger partial charge in [-0.2, -0.15) is 0 Å². The Morgan fingerprint density at radius 3 is 2.58 bits per heavy atom. The van der Waals surface area contributed by atoms with Crippen LogP contribution in [0.2, 0.25) is 0 Å². The summed E-state index contributed by atoms with van der Waals surface area (Å²) in [4.78, 5) is 37.7. The summed E-state index contributed by atoms with van der Waals surface area (Å²) in [7, 11) is 1.58. The minimum atomic E-state index is -1.09. The molecule has 1 saturated heterocycles. The molecule has 0 aromatic heterocycles. The fraction of sp³-hybridized carbons (Fsp3) is 0.526.